The van der Waals surface area contributed by atoms with E-state index in [0.717, 1.165) is 5.56 Å². The first-order valence-electron chi connectivity index (χ1n) is 9.28. The number of hydrogen-bond acceptors (Lipinski definition) is 5. The zero-order valence-corrected chi connectivity index (χ0v) is 16.1. The van der Waals surface area contributed by atoms with Crippen molar-refractivity contribution in [1.29, 1.82) is 0 Å². The molecule has 1 heterocycles. The number of morpholine rings is 1. The van der Waals surface area contributed by atoms with Crippen molar-refractivity contribution in [2.24, 2.45) is 0 Å². The zero-order chi connectivity index (χ0) is 19.9. The summed E-state index contributed by atoms with van der Waals surface area (Å²) in [6.07, 6.45) is 3.10. The first kappa shape index (κ1) is 19.9. The van der Waals surface area contributed by atoms with E-state index in [1.165, 1.54) is 12.1 Å². The van der Waals surface area contributed by atoms with Crippen LogP contribution in [0.25, 0.3) is 6.08 Å². The fourth-order valence-electron chi connectivity index (χ4n) is 3.05. The molecule has 148 valence electrons. The molecule has 0 atom stereocenters. The predicted octanol–water partition coefficient (Wildman–Crippen LogP) is 3.97. The van der Waals surface area contributed by atoms with Crippen LogP contribution in [0.15, 0.2) is 42.5 Å². The first-order valence-corrected chi connectivity index (χ1v) is 9.28. The average molecular weight is 385 g/mol. The number of carbonyl (C=O) groups is 1. The van der Waals surface area contributed by atoms with Crippen LogP contribution in [0.3, 0.4) is 0 Å². The van der Waals surface area contributed by atoms with Gasteiger partial charge in [0, 0.05) is 18.7 Å². The Morgan fingerprint density at radius 1 is 1.18 bits per heavy atom. The Kier molecular flexibility index (Phi) is 6.66. The number of ether oxygens (including phenoxy) is 3. The largest absolute Gasteiger partial charge is 0.493 e. The normalized spacial score (nSPS) is 14.3. The van der Waals surface area contributed by atoms with Crippen LogP contribution in [0, 0.1) is 5.82 Å². The summed E-state index contributed by atoms with van der Waals surface area (Å²) in [6.45, 7) is 4.88. The van der Waals surface area contributed by atoms with Gasteiger partial charge in [-0.15, -0.1) is 0 Å². The number of rotatable bonds is 7. The monoisotopic (exact) mass is 385 g/mol. The minimum Gasteiger partial charge on any atom is -0.493 e. The molecule has 0 amide bonds. The van der Waals surface area contributed by atoms with Gasteiger partial charge in [0.15, 0.2) is 17.3 Å². The van der Waals surface area contributed by atoms with Gasteiger partial charge in [-0.1, -0.05) is 12.1 Å². The van der Waals surface area contributed by atoms with E-state index in [0.29, 0.717) is 55.7 Å². The van der Waals surface area contributed by atoms with Gasteiger partial charge in [0.05, 0.1) is 32.6 Å². The van der Waals surface area contributed by atoms with Crippen LogP contribution in [-0.2, 0) is 4.74 Å². The highest BCUT2D eigenvalue weighted by Gasteiger charge is 2.16. The molecule has 28 heavy (non-hydrogen) atoms. The third kappa shape index (κ3) is 4.70. The van der Waals surface area contributed by atoms with Crippen molar-refractivity contribution in [3.63, 3.8) is 0 Å². The van der Waals surface area contributed by atoms with Crippen LogP contribution in [-0.4, -0.2) is 45.8 Å². The standard InChI is InChI=1S/C22H24FNO4/c1-3-28-21-9-5-16(14-22(21)26-2)4-8-20(25)17-6-7-19(18(23)15-17)24-10-12-27-13-11-24/h4-9,14-15H,3,10-13H2,1-2H3/b8-4+. The molecule has 6 heteroatoms. The van der Waals surface area contributed by atoms with E-state index in [2.05, 4.69) is 0 Å². The van der Waals surface area contributed by atoms with E-state index in [1.54, 1.807) is 37.5 Å². The Labute approximate surface area is 164 Å². The number of nitrogens with zero attached hydrogens (tertiary/aromatic N) is 1. The van der Waals surface area contributed by atoms with Gasteiger partial charge < -0.3 is 19.1 Å². The van der Waals surface area contributed by atoms with Crippen LogP contribution in [0.4, 0.5) is 10.1 Å². The fraction of sp³-hybridized carbons (Fsp3) is 0.318. The molecule has 0 unspecified atom stereocenters. The summed E-state index contributed by atoms with van der Waals surface area (Å²) in [7, 11) is 1.56. The molecule has 0 radical (unpaired) electrons. The lowest BCUT2D eigenvalue weighted by Crippen LogP contribution is -2.36. The maximum Gasteiger partial charge on any atom is 0.185 e. The van der Waals surface area contributed by atoms with Crippen LogP contribution in [0.5, 0.6) is 11.5 Å². The van der Waals surface area contributed by atoms with Crippen molar-refractivity contribution >= 4 is 17.5 Å². The minimum absolute atomic E-state index is 0.264. The number of methoxy groups -OCH3 is 1. The lowest BCUT2D eigenvalue weighted by atomic mass is 10.1. The first-order chi connectivity index (χ1) is 13.6. The second-order valence-corrected chi connectivity index (χ2v) is 6.31. The van der Waals surface area contributed by atoms with Gasteiger partial charge in [-0.25, -0.2) is 4.39 Å². The number of anilines is 1. The van der Waals surface area contributed by atoms with Gasteiger partial charge in [-0.3, -0.25) is 4.79 Å². The Bertz CT molecular complexity index is 860. The number of benzene rings is 2. The summed E-state index contributed by atoms with van der Waals surface area (Å²) in [5.41, 5.74) is 1.60. The van der Waals surface area contributed by atoms with Crippen molar-refractivity contribution < 1.29 is 23.4 Å². The van der Waals surface area contributed by atoms with Gasteiger partial charge in [0.2, 0.25) is 0 Å². The highest BCUT2D eigenvalue weighted by Crippen LogP contribution is 2.28. The molecule has 1 aliphatic rings. The highest BCUT2D eigenvalue weighted by molar-refractivity contribution is 6.07. The summed E-state index contributed by atoms with van der Waals surface area (Å²) >= 11 is 0. The molecule has 0 aliphatic carbocycles. The predicted molar refractivity (Wildman–Crippen MR) is 107 cm³/mol. The number of allylic oxidation sites excluding steroid dienone is 1. The van der Waals surface area contributed by atoms with Crippen molar-refractivity contribution in [2.45, 2.75) is 6.92 Å². The molecule has 0 spiro atoms. The molecule has 0 saturated carbocycles. The second kappa shape index (κ2) is 9.37. The topological polar surface area (TPSA) is 48.0 Å². The molecular formula is C22H24FNO4. The van der Waals surface area contributed by atoms with Gasteiger partial charge in [0.1, 0.15) is 5.82 Å². The van der Waals surface area contributed by atoms with Gasteiger partial charge in [0.25, 0.3) is 0 Å². The summed E-state index contributed by atoms with van der Waals surface area (Å²) in [6, 6.07) is 10.0. The summed E-state index contributed by atoms with van der Waals surface area (Å²) < 4.78 is 30.6. The van der Waals surface area contributed by atoms with E-state index in [-0.39, 0.29) is 5.78 Å². The molecule has 0 aromatic heterocycles. The van der Waals surface area contributed by atoms with Gasteiger partial charge in [-0.05, 0) is 48.9 Å². The molecule has 1 aliphatic heterocycles. The van der Waals surface area contributed by atoms with E-state index in [1.807, 2.05) is 17.9 Å². The average Bonchev–Trinajstić information content (AvgIpc) is 2.73. The third-order valence-electron chi connectivity index (χ3n) is 4.50. The fourth-order valence-corrected chi connectivity index (χ4v) is 3.05. The summed E-state index contributed by atoms with van der Waals surface area (Å²) in [5, 5.41) is 0. The quantitative estimate of drug-likeness (QED) is 0.533. The Morgan fingerprint density at radius 3 is 2.64 bits per heavy atom. The third-order valence-corrected chi connectivity index (χ3v) is 4.50. The van der Waals surface area contributed by atoms with Gasteiger partial charge >= 0.3 is 0 Å². The number of halogens is 1. The zero-order valence-electron chi connectivity index (χ0n) is 16.1. The van der Waals surface area contributed by atoms with Crippen molar-refractivity contribution in [2.75, 3.05) is 44.9 Å². The molecule has 1 saturated heterocycles. The van der Waals surface area contributed by atoms with Crippen molar-refractivity contribution in [3.8, 4) is 11.5 Å². The SMILES string of the molecule is CCOc1ccc(/C=C/C(=O)c2ccc(N3CCOCC3)c(F)c2)cc1OC. The van der Waals surface area contributed by atoms with Crippen LogP contribution in [0.1, 0.15) is 22.8 Å². The molecule has 0 N–H and O–H groups in total. The molecule has 0 bridgehead atoms. The van der Waals surface area contributed by atoms with E-state index < -0.39 is 5.82 Å². The maximum absolute atomic E-state index is 14.5. The minimum atomic E-state index is -0.399. The number of carbonyl (C=O) groups excluding carboxylic acids is 1. The molecule has 1 fully saturated rings. The Balaban J connectivity index is 1.73. The van der Waals surface area contributed by atoms with Gasteiger partial charge in [-0.2, -0.15) is 0 Å². The lowest BCUT2D eigenvalue weighted by molar-refractivity contribution is 0.104. The van der Waals surface area contributed by atoms with Crippen LogP contribution >= 0.6 is 0 Å². The summed E-state index contributed by atoms with van der Waals surface area (Å²) in [4.78, 5) is 14.4. The molecule has 2 aromatic carbocycles. The van der Waals surface area contributed by atoms with E-state index in [4.69, 9.17) is 14.2 Å². The number of hydrogen-bond donors (Lipinski definition) is 0. The van der Waals surface area contributed by atoms with E-state index in [9.17, 15) is 9.18 Å². The molecule has 2 aromatic rings. The summed E-state index contributed by atoms with van der Waals surface area (Å²) in [5.74, 6) is 0.579. The molecular weight excluding hydrogens is 361 g/mol. The smallest absolute Gasteiger partial charge is 0.185 e. The van der Waals surface area contributed by atoms with Crippen LogP contribution in [0.2, 0.25) is 0 Å². The number of ketones is 1. The van der Waals surface area contributed by atoms with Crippen molar-refractivity contribution in [1.82, 2.24) is 0 Å². The van der Waals surface area contributed by atoms with Crippen molar-refractivity contribution in [3.05, 3.63) is 59.4 Å². The second-order valence-electron chi connectivity index (χ2n) is 6.31. The van der Waals surface area contributed by atoms with E-state index >= 15 is 0 Å². The maximum atomic E-state index is 14.5. The van der Waals surface area contributed by atoms with Crippen LogP contribution < -0.4 is 14.4 Å². The highest BCUT2D eigenvalue weighted by atomic mass is 19.1. The Hall–Kier alpha value is -2.86. The lowest BCUT2D eigenvalue weighted by Gasteiger charge is -2.29. The molecule has 5 nitrogen and oxygen atoms in total. The molecule has 3 rings (SSSR count). The Morgan fingerprint density at radius 2 is 1.96 bits per heavy atom.